The van der Waals surface area contributed by atoms with Crippen LogP contribution in [0.5, 0.6) is 0 Å². The van der Waals surface area contributed by atoms with Crippen LogP contribution in [0.15, 0.2) is 0 Å². The summed E-state index contributed by atoms with van der Waals surface area (Å²) in [5.41, 5.74) is 1.35. The molecule has 1 N–H and O–H groups in total. The molecule has 0 aromatic rings. The average Bonchev–Trinajstić information content (AvgIpc) is 2.27. The molecule has 1 fully saturated rings. The number of rotatable bonds is 6. The number of ether oxygens (including phenoxy) is 1. The van der Waals surface area contributed by atoms with Crippen molar-refractivity contribution in [2.45, 2.75) is 110 Å². The molecule has 0 radical (unpaired) electrons. The molecule has 0 atom stereocenters. The van der Waals surface area contributed by atoms with Gasteiger partial charge in [-0.3, -0.25) is 0 Å². The molecule has 0 bridgehead atoms. The normalized spacial score (nSPS) is 22.4. The minimum absolute atomic E-state index is 0.188. The maximum Gasteiger partial charge on any atom is 0.407 e. The molecular formula is C18H37NO3Si. The molecule has 0 aromatic carbocycles. The molecule has 5 heteroatoms. The van der Waals surface area contributed by atoms with Crippen molar-refractivity contribution in [1.82, 2.24) is 5.32 Å². The number of carbonyl (C=O) groups is 1. The van der Waals surface area contributed by atoms with E-state index in [1.807, 2.05) is 20.8 Å². The summed E-state index contributed by atoms with van der Waals surface area (Å²) in [4.78, 5) is 11.8. The van der Waals surface area contributed by atoms with E-state index < -0.39 is 13.9 Å². The molecule has 1 rings (SSSR count). The summed E-state index contributed by atoms with van der Waals surface area (Å²) < 4.78 is 12.0. The third kappa shape index (κ3) is 5.21. The van der Waals surface area contributed by atoms with E-state index in [-0.39, 0.29) is 18.2 Å². The molecule has 1 aliphatic rings. The summed E-state index contributed by atoms with van der Waals surface area (Å²) in [5, 5.41) is 2.95. The molecule has 1 aliphatic carbocycles. The Balaban J connectivity index is 2.54. The Morgan fingerprint density at radius 3 is 1.78 bits per heavy atom. The maximum absolute atomic E-state index is 11.8. The van der Waals surface area contributed by atoms with Crippen molar-refractivity contribution in [3.63, 3.8) is 0 Å². The van der Waals surface area contributed by atoms with Gasteiger partial charge in [0, 0.05) is 12.1 Å². The van der Waals surface area contributed by atoms with Crippen LogP contribution in [0.4, 0.5) is 4.79 Å². The second kappa shape index (κ2) is 7.56. The highest BCUT2D eigenvalue weighted by Gasteiger charge is 2.48. The zero-order valence-corrected chi connectivity index (χ0v) is 17.5. The van der Waals surface area contributed by atoms with Crippen molar-refractivity contribution in [2.24, 2.45) is 0 Å². The van der Waals surface area contributed by atoms with Crippen LogP contribution in [0.2, 0.25) is 16.6 Å². The van der Waals surface area contributed by atoms with E-state index >= 15 is 0 Å². The quantitative estimate of drug-likeness (QED) is 0.671. The molecular weight excluding hydrogens is 306 g/mol. The summed E-state index contributed by atoms with van der Waals surface area (Å²) in [6.45, 7) is 19.5. The van der Waals surface area contributed by atoms with Crippen molar-refractivity contribution in [3.8, 4) is 0 Å². The topological polar surface area (TPSA) is 47.6 Å². The van der Waals surface area contributed by atoms with Gasteiger partial charge in [0.2, 0.25) is 8.32 Å². The van der Waals surface area contributed by atoms with Gasteiger partial charge in [-0.1, -0.05) is 41.5 Å². The first-order chi connectivity index (χ1) is 10.4. The SMILES string of the molecule is CC(C)[Si](OC1CC(NC(=O)OC(C)(C)C)C1)(C(C)C)C(C)C. The van der Waals surface area contributed by atoms with Gasteiger partial charge in [0.05, 0.1) is 0 Å². The third-order valence-electron chi connectivity index (χ3n) is 4.89. The van der Waals surface area contributed by atoms with E-state index in [9.17, 15) is 4.79 Å². The van der Waals surface area contributed by atoms with Gasteiger partial charge in [-0.2, -0.15) is 0 Å². The second-order valence-electron chi connectivity index (χ2n) is 8.87. The smallest absolute Gasteiger partial charge is 0.407 e. The van der Waals surface area contributed by atoms with Crippen molar-refractivity contribution in [2.75, 3.05) is 0 Å². The average molecular weight is 344 g/mol. The summed E-state index contributed by atoms with van der Waals surface area (Å²) >= 11 is 0. The summed E-state index contributed by atoms with van der Waals surface area (Å²) in [6, 6.07) is 0.188. The molecule has 136 valence electrons. The number of carbonyl (C=O) groups excluding carboxylic acids is 1. The maximum atomic E-state index is 11.8. The summed E-state index contributed by atoms with van der Waals surface area (Å²) in [5.74, 6) is 0. The predicted molar refractivity (Wildman–Crippen MR) is 98.3 cm³/mol. The van der Waals surface area contributed by atoms with Crippen LogP contribution in [0.25, 0.3) is 0 Å². The lowest BCUT2D eigenvalue weighted by molar-refractivity contribution is 0.0324. The predicted octanol–water partition coefficient (Wildman–Crippen LogP) is 5.23. The van der Waals surface area contributed by atoms with Gasteiger partial charge in [-0.05, 0) is 50.2 Å². The van der Waals surface area contributed by atoms with E-state index in [1.165, 1.54) is 0 Å². The molecule has 4 nitrogen and oxygen atoms in total. The van der Waals surface area contributed by atoms with Gasteiger partial charge in [0.1, 0.15) is 5.60 Å². The molecule has 0 saturated heterocycles. The molecule has 0 aliphatic heterocycles. The Morgan fingerprint density at radius 1 is 1.00 bits per heavy atom. The number of amides is 1. The molecule has 1 saturated carbocycles. The molecule has 0 spiro atoms. The van der Waals surface area contributed by atoms with Gasteiger partial charge in [-0.25, -0.2) is 4.79 Å². The van der Waals surface area contributed by atoms with Gasteiger partial charge in [0.25, 0.3) is 0 Å². The van der Waals surface area contributed by atoms with Crippen LogP contribution < -0.4 is 5.32 Å². The molecule has 23 heavy (non-hydrogen) atoms. The van der Waals surface area contributed by atoms with E-state index in [2.05, 4.69) is 46.9 Å². The zero-order valence-electron chi connectivity index (χ0n) is 16.5. The van der Waals surface area contributed by atoms with Crippen LogP contribution in [0.3, 0.4) is 0 Å². The van der Waals surface area contributed by atoms with Gasteiger partial charge in [0.15, 0.2) is 0 Å². The van der Waals surface area contributed by atoms with Crippen LogP contribution in [0, 0.1) is 0 Å². The first kappa shape index (κ1) is 20.5. The molecule has 1 amide bonds. The van der Waals surface area contributed by atoms with E-state index in [0.29, 0.717) is 16.6 Å². The fourth-order valence-electron chi connectivity index (χ4n) is 3.95. The summed E-state index contributed by atoms with van der Waals surface area (Å²) in [7, 11) is -1.81. The lowest BCUT2D eigenvalue weighted by Crippen LogP contribution is -2.56. The first-order valence-electron chi connectivity index (χ1n) is 9.05. The van der Waals surface area contributed by atoms with Crippen molar-refractivity contribution in [1.29, 1.82) is 0 Å². The lowest BCUT2D eigenvalue weighted by atomic mass is 9.90. The third-order valence-corrected chi connectivity index (χ3v) is 11.0. The van der Waals surface area contributed by atoms with E-state index in [1.54, 1.807) is 0 Å². The van der Waals surface area contributed by atoms with Crippen LogP contribution in [-0.2, 0) is 9.16 Å². The Bertz CT molecular complexity index is 374. The minimum Gasteiger partial charge on any atom is -0.444 e. The second-order valence-corrected chi connectivity index (χ2v) is 14.3. The van der Waals surface area contributed by atoms with Crippen molar-refractivity contribution >= 4 is 14.4 Å². The Kier molecular flexibility index (Phi) is 6.73. The Labute approximate surface area is 143 Å². The standard InChI is InChI=1S/C18H37NO3Si/c1-12(2)23(13(3)4,14(5)6)22-16-10-15(11-16)19-17(20)21-18(7,8)9/h12-16H,10-11H2,1-9H3,(H,19,20). The Hall–Kier alpha value is -0.553. The van der Waals surface area contributed by atoms with Crippen molar-refractivity contribution < 1.29 is 14.0 Å². The van der Waals surface area contributed by atoms with E-state index in [4.69, 9.17) is 9.16 Å². The van der Waals surface area contributed by atoms with Crippen LogP contribution in [0.1, 0.15) is 75.2 Å². The highest BCUT2D eigenvalue weighted by molar-refractivity contribution is 6.77. The van der Waals surface area contributed by atoms with Gasteiger partial charge < -0.3 is 14.5 Å². The zero-order chi connectivity index (χ0) is 18.0. The van der Waals surface area contributed by atoms with Crippen LogP contribution in [-0.4, -0.2) is 32.2 Å². The lowest BCUT2D eigenvalue weighted by Gasteiger charge is -2.48. The number of alkyl carbamates (subject to hydrolysis) is 1. The highest BCUT2D eigenvalue weighted by Crippen LogP contribution is 2.45. The van der Waals surface area contributed by atoms with Gasteiger partial charge >= 0.3 is 6.09 Å². The number of hydrogen-bond donors (Lipinski definition) is 1. The number of hydrogen-bond acceptors (Lipinski definition) is 3. The molecule has 0 aromatic heterocycles. The largest absolute Gasteiger partial charge is 0.444 e. The first-order valence-corrected chi connectivity index (χ1v) is 11.2. The fourth-order valence-corrected chi connectivity index (χ4v) is 9.54. The molecule has 0 heterocycles. The van der Waals surface area contributed by atoms with Crippen LogP contribution >= 0.6 is 0 Å². The van der Waals surface area contributed by atoms with Gasteiger partial charge in [-0.15, -0.1) is 0 Å². The monoisotopic (exact) mass is 343 g/mol. The number of nitrogens with one attached hydrogen (secondary N) is 1. The fraction of sp³-hybridized carbons (Fsp3) is 0.944. The molecule has 0 unspecified atom stereocenters. The Morgan fingerprint density at radius 2 is 1.43 bits per heavy atom. The highest BCUT2D eigenvalue weighted by atomic mass is 28.4. The minimum atomic E-state index is -1.81. The summed E-state index contributed by atoms with van der Waals surface area (Å²) in [6.07, 6.45) is 1.77. The van der Waals surface area contributed by atoms with E-state index in [0.717, 1.165) is 12.8 Å². The van der Waals surface area contributed by atoms with Crippen molar-refractivity contribution in [3.05, 3.63) is 0 Å².